The summed E-state index contributed by atoms with van der Waals surface area (Å²) in [5, 5.41) is 6.66. The van der Waals surface area contributed by atoms with Gasteiger partial charge in [-0.3, -0.25) is 0 Å². The molecule has 0 saturated heterocycles. The second-order valence-electron chi connectivity index (χ2n) is 4.81. The van der Waals surface area contributed by atoms with E-state index in [4.69, 9.17) is 0 Å². The van der Waals surface area contributed by atoms with Gasteiger partial charge in [0.15, 0.2) is 0 Å². The third-order valence-corrected chi connectivity index (χ3v) is 5.81. The Morgan fingerprint density at radius 2 is 2.00 bits per heavy atom. The number of amides is 3. The summed E-state index contributed by atoms with van der Waals surface area (Å²) in [5.41, 5.74) is 3.64. The number of hydrogen-bond acceptors (Lipinski definition) is 4. The number of hydrogen-bond donors (Lipinski definition) is 2. The molecule has 1 unspecified atom stereocenters. The Balaban J connectivity index is 1.91. The van der Waals surface area contributed by atoms with Gasteiger partial charge in [0.05, 0.1) is 0 Å². The number of hydrazone groups is 1. The summed E-state index contributed by atoms with van der Waals surface area (Å²) in [5.74, 6) is -0.199. The number of carbonyl (C=O) groups is 2. The van der Waals surface area contributed by atoms with E-state index in [-0.39, 0.29) is 25.7 Å². The number of nitrogens with zero attached hydrogens (tertiary/aromatic N) is 3. The van der Waals surface area contributed by atoms with Crippen LogP contribution in [0.15, 0.2) is 40.4 Å². The quantitative estimate of drug-likeness (QED) is 0.478. The van der Waals surface area contributed by atoms with Crippen LogP contribution in [-0.4, -0.2) is 56.3 Å². The molecule has 1 aliphatic heterocycles. The van der Waals surface area contributed by atoms with Gasteiger partial charge in [0.1, 0.15) is 0 Å². The van der Waals surface area contributed by atoms with E-state index in [9.17, 15) is 9.59 Å². The van der Waals surface area contributed by atoms with Crippen molar-refractivity contribution in [2.45, 2.75) is 11.7 Å². The first-order valence-electron chi connectivity index (χ1n) is 6.60. The van der Waals surface area contributed by atoms with Crippen molar-refractivity contribution in [2.24, 2.45) is 10.1 Å². The molecule has 0 spiro atoms. The normalized spacial score (nSPS) is 18.0. The SMILES string of the molecule is C/C(=N\NC(=O)Nc1ccccc1)C1[Se]C(N(C)C)=NC1=O. The molecule has 0 radical (unpaired) electrons. The van der Waals surface area contributed by atoms with Crippen molar-refractivity contribution in [3.05, 3.63) is 30.3 Å². The first kappa shape index (κ1) is 16.2. The van der Waals surface area contributed by atoms with Crippen LogP contribution in [0, 0.1) is 0 Å². The number of para-hydroxylation sites is 1. The van der Waals surface area contributed by atoms with Gasteiger partial charge in [0, 0.05) is 0 Å². The Kier molecular flexibility index (Phi) is 5.30. The second-order valence-corrected chi connectivity index (χ2v) is 7.06. The van der Waals surface area contributed by atoms with E-state index in [1.807, 2.05) is 37.2 Å². The third-order valence-electron chi connectivity index (χ3n) is 2.78. The molecule has 2 N–H and O–H groups in total. The zero-order valence-corrected chi connectivity index (χ0v) is 14.2. The van der Waals surface area contributed by atoms with E-state index in [0.29, 0.717) is 11.4 Å². The Labute approximate surface area is 135 Å². The molecule has 8 heteroatoms. The molecule has 1 atom stereocenters. The van der Waals surface area contributed by atoms with Gasteiger partial charge in [-0.25, -0.2) is 0 Å². The van der Waals surface area contributed by atoms with Crippen molar-refractivity contribution >= 4 is 43.0 Å². The Hall–Kier alpha value is -2.18. The van der Waals surface area contributed by atoms with E-state index in [1.54, 1.807) is 19.1 Å². The van der Waals surface area contributed by atoms with Crippen LogP contribution < -0.4 is 10.7 Å². The van der Waals surface area contributed by atoms with Gasteiger partial charge in [-0.15, -0.1) is 0 Å². The van der Waals surface area contributed by atoms with Gasteiger partial charge < -0.3 is 0 Å². The molecule has 1 aromatic carbocycles. The summed E-state index contributed by atoms with van der Waals surface area (Å²) in [7, 11) is 3.71. The Morgan fingerprint density at radius 1 is 1.32 bits per heavy atom. The first-order chi connectivity index (χ1) is 10.5. The number of nitrogens with one attached hydrogen (secondary N) is 2. The topological polar surface area (TPSA) is 86.2 Å². The van der Waals surface area contributed by atoms with Crippen molar-refractivity contribution in [1.82, 2.24) is 10.3 Å². The van der Waals surface area contributed by atoms with Crippen LogP contribution in [0.2, 0.25) is 4.82 Å². The summed E-state index contributed by atoms with van der Waals surface area (Å²) in [6, 6.07) is 8.61. The number of urea groups is 1. The van der Waals surface area contributed by atoms with Gasteiger partial charge in [-0.05, 0) is 0 Å². The number of amidine groups is 1. The van der Waals surface area contributed by atoms with Crippen LogP contribution in [-0.2, 0) is 4.79 Å². The van der Waals surface area contributed by atoms with Crippen LogP contribution in [0.5, 0.6) is 0 Å². The van der Waals surface area contributed by atoms with Gasteiger partial charge in [0.25, 0.3) is 0 Å². The van der Waals surface area contributed by atoms with Gasteiger partial charge in [-0.2, -0.15) is 0 Å². The number of rotatable bonds is 3. The summed E-state index contributed by atoms with van der Waals surface area (Å²) in [6.45, 7) is 1.72. The summed E-state index contributed by atoms with van der Waals surface area (Å²) in [4.78, 5) is 29.1. The molecule has 0 saturated carbocycles. The fourth-order valence-electron chi connectivity index (χ4n) is 1.68. The van der Waals surface area contributed by atoms with E-state index < -0.39 is 6.03 Å². The molecule has 2 rings (SSSR count). The number of benzene rings is 1. The van der Waals surface area contributed by atoms with Crippen LogP contribution in [0.25, 0.3) is 0 Å². The third kappa shape index (κ3) is 4.16. The summed E-state index contributed by atoms with van der Waals surface area (Å²) >= 11 is -0.105. The maximum atomic E-state index is 11.9. The molecule has 22 heavy (non-hydrogen) atoms. The van der Waals surface area contributed by atoms with Crippen LogP contribution in [0.4, 0.5) is 10.5 Å². The van der Waals surface area contributed by atoms with Crippen LogP contribution >= 0.6 is 0 Å². The molecule has 0 bridgehead atoms. The van der Waals surface area contributed by atoms with Gasteiger partial charge in [-0.1, -0.05) is 0 Å². The molecular weight excluding hydrogens is 349 g/mol. The number of aliphatic imine (C=N–C) groups is 1. The second kappa shape index (κ2) is 7.19. The number of anilines is 1. The zero-order chi connectivity index (χ0) is 16.1. The van der Waals surface area contributed by atoms with E-state index >= 15 is 0 Å². The average Bonchev–Trinajstić information content (AvgIpc) is 2.88. The van der Waals surface area contributed by atoms with Crippen molar-refractivity contribution in [2.75, 3.05) is 19.4 Å². The van der Waals surface area contributed by atoms with Gasteiger partial charge in [0.2, 0.25) is 0 Å². The Morgan fingerprint density at radius 3 is 2.59 bits per heavy atom. The van der Waals surface area contributed by atoms with E-state index in [0.717, 1.165) is 4.73 Å². The van der Waals surface area contributed by atoms with E-state index in [2.05, 4.69) is 20.8 Å². The monoisotopic (exact) mass is 367 g/mol. The van der Waals surface area contributed by atoms with Crippen molar-refractivity contribution < 1.29 is 9.59 Å². The first-order valence-corrected chi connectivity index (χ1v) is 8.44. The molecule has 1 aliphatic rings. The maximum absolute atomic E-state index is 11.9. The fraction of sp³-hybridized carbons (Fsp3) is 0.286. The zero-order valence-electron chi connectivity index (χ0n) is 12.5. The van der Waals surface area contributed by atoms with E-state index in [1.165, 1.54) is 0 Å². The number of carbonyl (C=O) groups excluding carboxylic acids is 2. The molecule has 7 nitrogen and oxygen atoms in total. The molecule has 116 valence electrons. The minimum atomic E-state index is -0.447. The molecule has 0 aliphatic carbocycles. The predicted molar refractivity (Wildman–Crippen MR) is 87.3 cm³/mol. The summed E-state index contributed by atoms with van der Waals surface area (Å²) < 4.78 is 0.783. The van der Waals surface area contributed by atoms with Crippen molar-refractivity contribution in [1.29, 1.82) is 0 Å². The van der Waals surface area contributed by atoms with Crippen molar-refractivity contribution in [3.8, 4) is 0 Å². The average molecular weight is 366 g/mol. The molecule has 1 heterocycles. The van der Waals surface area contributed by atoms with Crippen LogP contribution in [0.1, 0.15) is 6.92 Å². The molecule has 0 fully saturated rings. The molecule has 1 aromatic rings. The fourth-order valence-corrected chi connectivity index (χ4v) is 3.66. The molecule has 0 aromatic heterocycles. The van der Waals surface area contributed by atoms with Crippen LogP contribution in [0.3, 0.4) is 0 Å². The molecule has 3 amide bonds. The van der Waals surface area contributed by atoms with Gasteiger partial charge >= 0.3 is 135 Å². The predicted octanol–water partition coefficient (Wildman–Crippen LogP) is 1.13. The standard InChI is InChI=1S/C14H17N5O2Se/c1-9(11-12(20)16-14(22-11)19(2)3)17-18-13(21)15-10-7-5-4-6-8-10/h4-8,11H,1-3H3,(H2,15,18,21)/b17-9+. The minimum absolute atomic E-state index is 0.105. The Bertz CT molecular complexity index is 627. The summed E-state index contributed by atoms with van der Waals surface area (Å²) in [6.07, 6.45) is 0. The molecular formula is C14H17N5O2Se. The van der Waals surface area contributed by atoms with Crippen molar-refractivity contribution in [3.63, 3.8) is 0 Å².